The number of sulfone groups is 1. The molecule has 1 aromatic heterocycles. The largest absolute Gasteiger partial charge is 0.497 e. The fraction of sp³-hybridized carbons (Fsp3) is 0.368. The number of aryl methyl sites for hydroxylation is 1. The Bertz CT molecular complexity index is 932. The molecule has 0 aliphatic rings. The van der Waals surface area contributed by atoms with Crippen molar-refractivity contribution in [2.45, 2.75) is 31.6 Å². The first-order chi connectivity index (χ1) is 13.3. The van der Waals surface area contributed by atoms with E-state index in [2.05, 4.69) is 5.32 Å². The van der Waals surface area contributed by atoms with Crippen LogP contribution in [0.15, 0.2) is 35.2 Å². The molecule has 0 unspecified atom stereocenters. The molecule has 1 amide bonds. The summed E-state index contributed by atoms with van der Waals surface area (Å²) in [5.41, 5.74) is 0.723. The van der Waals surface area contributed by atoms with Crippen molar-refractivity contribution in [3.8, 4) is 5.75 Å². The average Bonchev–Trinajstić information content (AvgIpc) is 3.02. The zero-order valence-electron chi connectivity index (χ0n) is 16.0. The van der Waals surface area contributed by atoms with E-state index in [0.29, 0.717) is 15.6 Å². The smallest absolute Gasteiger partial charge is 0.348 e. The first-order valence-corrected chi connectivity index (χ1v) is 11.2. The lowest BCUT2D eigenvalue weighted by Crippen LogP contribution is -2.13. The highest BCUT2D eigenvalue weighted by Crippen LogP contribution is 2.27. The van der Waals surface area contributed by atoms with E-state index in [9.17, 15) is 18.0 Å². The lowest BCUT2D eigenvalue weighted by atomic mass is 10.3. The van der Waals surface area contributed by atoms with Gasteiger partial charge in [-0.05, 0) is 56.2 Å². The molecule has 152 valence electrons. The Morgan fingerprint density at radius 1 is 1.18 bits per heavy atom. The first kappa shape index (κ1) is 21.9. The predicted octanol–water partition coefficient (Wildman–Crippen LogP) is 3.43. The zero-order chi connectivity index (χ0) is 20.7. The van der Waals surface area contributed by atoms with Gasteiger partial charge in [0, 0.05) is 6.42 Å². The van der Waals surface area contributed by atoms with Gasteiger partial charge in [0.15, 0.2) is 9.84 Å². The molecular weight excluding hydrogens is 402 g/mol. The number of hydrogen-bond acceptors (Lipinski definition) is 7. The van der Waals surface area contributed by atoms with Crippen LogP contribution in [0.1, 0.15) is 35.0 Å². The van der Waals surface area contributed by atoms with Gasteiger partial charge in [0.05, 0.1) is 29.4 Å². The van der Waals surface area contributed by atoms with Gasteiger partial charge in [-0.1, -0.05) is 0 Å². The van der Waals surface area contributed by atoms with E-state index in [-0.39, 0.29) is 36.0 Å². The van der Waals surface area contributed by atoms with E-state index >= 15 is 0 Å². The average molecular weight is 426 g/mol. The number of anilines is 1. The van der Waals surface area contributed by atoms with Crippen LogP contribution in [0.2, 0.25) is 0 Å². The van der Waals surface area contributed by atoms with Gasteiger partial charge in [-0.2, -0.15) is 0 Å². The monoisotopic (exact) mass is 425 g/mol. The molecule has 1 heterocycles. The number of amides is 1. The van der Waals surface area contributed by atoms with Crippen molar-refractivity contribution < 1.29 is 27.5 Å². The molecule has 28 heavy (non-hydrogen) atoms. The number of hydrogen-bond donors (Lipinski definition) is 1. The highest BCUT2D eigenvalue weighted by atomic mass is 32.2. The molecule has 9 heteroatoms. The van der Waals surface area contributed by atoms with Gasteiger partial charge in [-0.15, -0.1) is 11.3 Å². The van der Waals surface area contributed by atoms with Gasteiger partial charge in [0.2, 0.25) is 5.91 Å². The van der Waals surface area contributed by atoms with Crippen LogP contribution in [-0.2, 0) is 19.4 Å². The van der Waals surface area contributed by atoms with Gasteiger partial charge in [0.25, 0.3) is 0 Å². The molecule has 0 bridgehead atoms. The summed E-state index contributed by atoms with van der Waals surface area (Å²) >= 11 is 1.14. The lowest BCUT2D eigenvalue weighted by Gasteiger charge is -2.06. The molecule has 0 atom stereocenters. The molecule has 0 saturated carbocycles. The summed E-state index contributed by atoms with van der Waals surface area (Å²) in [4.78, 5) is 24.6. The van der Waals surface area contributed by atoms with Crippen LogP contribution in [0.4, 0.5) is 5.00 Å². The van der Waals surface area contributed by atoms with Crippen LogP contribution >= 0.6 is 11.3 Å². The molecule has 0 fully saturated rings. The Morgan fingerprint density at radius 3 is 2.46 bits per heavy atom. The molecule has 2 aromatic rings. The number of carbonyl (C=O) groups is 2. The van der Waals surface area contributed by atoms with Gasteiger partial charge in [-0.3, -0.25) is 4.79 Å². The highest BCUT2D eigenvalue weighted by molar-refractivity contribution is 7.91. The maximum Gasteiger partial charge on any atom is 0.348 e. The predicted molar refractivity (Wildman–Crippen MR) is 108 cm³/mol. The summed E-state index contributed by atoms with van der Waals surface area (Å²) in [7, 11) is -1.96. The molecule has 0 saturated heterocycles. The number of thiophene rings is 1. The third-order valence-electron chi connectivity index (χ3n) is 3.88. The van der Waals surface area contributed by atoms with Crippen LogP contribution in [0, 0.1) is 6.92 Å². The Balaban J connectivity index is 1.88. The number of ether oxygens (including phenoxy) is 2. The second kappa shape index (κ2) is 9.70. The van der Waals surface area contributed by atoms with E-state index in [1.165, 1.54) is 19.2 Å². The van der Waals surface area contributed by atoms with Crippen LogP contribution < -0.4 is 10.1 Å². The number of rotatable bonds is 9. The summed E-state index contributed by atoms with van der Waals surface area (Å²) < 4.78 is 34.7. The minimum Gasteiger partial charge on any atom is -0.497 e. The van der Waals surface area contributed by atoms with Crippen LogP contribution in [0.25, 0.3) is 0 Å². The second-order valence-electron chi connectivity index (χ2n) is 5.99. The second-order valence-corrected chi connectivity index (χ2v) is 9.15. The molecule has 2 rings (SSSR count). The number of benzene rings is 1. The van der Waals surface area contributed by atoms with E-state index in [0.717, 1.165) is 16.9 Å². The first-order valence-electron chi connectivity index (χ1n) is 8.71. The van der Waals surface area contributed by atoms with Crippen LogP contribution in [0.5, 0.6) is 5.75 Å². The van der Waals surface area contributed by atoms with Crippen molar-refractivity contribution in [3.05, 3.63) is 40.8 Å². The maximum absolute atomic E-state index is 12.3. The normalized spacial score (nSPS) is 11.1. The Kier molecular flexibility index (Phi) is 7.59. The Labute approximate surface area is 168 Å². The van der Waals surface area contributed by atoms with Gasteiger partial charge < -0.3 is 14.8 Å². The fourth-order valence-electron chi connectivity index (χ4n) is 2.47. The topological polar surface area (TPSA) is 98.8 Å². The van der Waals surface area contributed by atoms with Crippen LogP contribution in [-0.4, -0.2) is 39.8 Å². The molecule has 0 aliphatic heterocycles. The standard InChI is InChI=1S/C19H23NO6S2/c1-4-26-19(22)18-13(2)12-17(27-18)20-16(21)6-5-11-28(23,24)15-9-7-14(25-3)8-10-15/h7-10,12H,4-6,11H2,1-3H3,(H,20,21). The molecule has 1 N–H and O–H groups in total. The molecule has 0 radical (unpaired) electrons. The maximum atomic E-state index is 12.3. The third-order valence-corrected chi connectivity index (χ3v) is 6.83. The van der Waals surface area contributed by atoms with E-state index in [1.807, 2.05) is 0 Å². The van der Waals surface area contributed by atoms with Gasteiger partial charge in [-0.25, -0.2) is 13.2 Å². The van der Waals surface area contributed by atoms with Crippen molar-refractivity contribution in [2.24, 2.45) is 0 Å². The number of carbonyl (C=O) groups excluding carboxylic acids is 2. The summed E-state index contributed by atoms with van der Waals surface area (Å²) in [6.45, 7) is 3.77. The van der Waals surface area contributed by atoms with Crippen molar-refractivity contribution in [1.82, 2.24) is 0 Å². The van der Waals surface area contributed by atoms with Crippen LogP contribution in [0.3, 0.4) is 0 Å². The molecule has 0 aliphatic carbocycles. The number of nitrogens with one attached hydrogen (secondary N) is 1. The zero-order valence-corrected chi connectivity index (χ0v) is 17.6. The molecular formula is C19H23NO6S2. The SMILES string of the molecule is CCOC(=O)c1sc(NC(=O)CCCS(=O)(=O)c2ccc(OC)cc2)cc1C. The number of methoxy groups -OCH3 is 1. The van der Waals surface area contributed by atoms with Crippen molar-refractivity contribution in [3.63, 3.8) is 0 Å². The van der Waals surface area contributed by atoms with E-state index in [4.69, 9.17) is 9.47 Å². The van der Waals surface area contributed by atoms with Crippen molar-refractivity contribution >= 4 is 38.1 Å². The Morgan fingerprint density at radius 2 is 1.86 bits per heavy atom. The Hall–Kier alpha value is -2.39. The van der Waals surface area contributed by atoms with Gasteiger partial charge >= 0.3 is 5.97 Å². The van der Waals surface area contributed by atoms with E-state index in [1.54, 1.807) is 32.0 Å². The summed E-state index contributed by atoms with van der Waals surface area (Å²) in [6, 6.07) is 7.84. The van der Waals surface area contributed by atoms with E-state index < -0.39 is 15.8 Å². The lowest BCUT2D eigenvalue weighted by molar-refractivity contribution is -0.116. The third kappa shape index (κ3) is 5.80. The molecule has 0 spiro atoms. The molecule has 1 aromatic carbocycles. The number of esters is 1. The fourth-order valence-corrected chi connectivity index (χ4v) is 4.76. The van der Waals surface area contributed by atoms with Crippen molar-refractivity contribution in [2.75, 3.05) is 24.8 Å². The minimum absolute atomic E-state index is 0.0566. The van der Waals surface area contributed by atoms with Gasteiger partial charge in [0.1, 0.15) is 10.6 Å². The summed E-state index contributed by atoms with van der Waals surface area (Å²) in [5.74, 6) is -0.283. The van der Waals surface area contributed by atoms with Crippen molar-refractivity contribution in [1.29, 1.82) is 0 Å². The highest BCUT2D eigenvalue weighted by Gasteiger charge is 2.17. The molecule has 7 nitrogen and oxygen atoms in total. The summed E-state index contributed by atoms with van der Waals surface area (Å²) in [6.07, 6.45) is 0.246. The summed E-state index contributed by atoms with van der Waals surface area (Å²) in [5, 5.41) is 3.23. The minimum atomic E-state index is -3.47. The quantitative estimate of drug-likeness (QED) is 0.618.